The molecule has 1 unspecified atom stereocenters. The Labute approximate surface area is 208 Å². The van der Waals surface area contributed by atoms with Crippen molar-refractivity contribution in [2.75, 3.05) is 13.2 Å². The first-order valence-electron chi connectivity index (χ1n) is 11.6. The fourth-order valence-corrected chi connectivity index (χ4v) is 4.41. The van der Waals surface area contributed by atoms with Crippen molar-refractivity contribution in [3.8, 4) is 11.3 Å². The molecule has 7 heteroatoms. The summed E-state index contributed by atoms with van der Waals surface area (Å²) in [4.78, 5) is 38.9. The summed E-state index contributed by atoms with van der Waals surface area (Å²) in [5.74, 6) is -1.47. The van der Waals surface area contributed by atoms with Crippen LogP contribution in [0.5, 0.6) is 0 Å². The molecule has 1 atom stereocenters. The van der Waals surface area contributed by atoms with Gasteiger partial charge in [-0.15, -0.1) is 0 Å². The lowest BCUT2D eigenvalue weighted by atomic mass is 9.80. The topological polar surface area (TPSA) is 94.8 Å². The predicted molar refractivity (Wildman–Crippen MR) is 137 cm³/mol. The average molecular weight is 486 g/mol. The number of esters is 2. The van der Waals surface area contributed by atoms with Crippen LogP contribution < -0.4 is 10.7 Å². The van der Waals surface area contributed by atoms with E-state index >= 15 is 0 Å². The zero-order valence-electron chi connectivity index (χ0n) is 20.4. The van der Waals surface area contributed by atoms with E-state index in [0.29, 0.717) is 50.4 Å². The highest BCUT2D eigenvalue weighted by Gasteiger charge is 2.38. The van der Waals surface area contributed by atoms with Gasteiger partial charge in [0.15, 0.2) is 5.43 Å². The van der Waals surface area contributed by atoms with Gasteiger partial charge in [0.1, 0.15) is 18.0 Å². The van der Waals surface area contributed by atoms with Gasteiger partial charge in [0, 0.05) is 23.0 Å². The van der Waals surface area contributed by atoms with Crippen LogP contribution >= 0.6 is 0 Å². The van der Waals surface area contributed by atoms with Crippen molar-refractivity contribution in [1.29, 1.82) is 0 Å². The van der Waals surface area contributed by atoms with Crippen LogP contribution in [0.25, 0.3) is 22.3 Å². The van der Waals surface area contributed by atoms with E-state index < -0.39 is 17.9 Å². The number of para-hydroxylation sites is 1. The van der Waals surface area contributed by atoms with Gasteiger partial charge in [0.2, 0.25) is 0 Å². The van der Waals surface area contributed by atoms with Crippen LogP contribution in [0.1, 0.15) is 32.3 Å². The number of nitrogens with one attached hydrogen (secondary N) is 1. The van der Waals surface area contributed by atoms with E-state index in [-0.39, 0.29) is 18.6 Å². The van der Waals surface area contributed by atoms with Crippen molar-refractivity contribution in [2.45, 2.75) is 26.7 Å². The Kier molecular flexibility index (Phi) is 7.20. The minimum atomic E-state index is -0.755. The molecule has 0 radical (unpaired) electrons. The molecule has 36 heavy (non-hydrogen) atoms. The molecule has 0 bridgehead atoms. The molecular weight excluding hydrogens is 458 g/mol. The van der Waals surface area contributed by atoms with Crippen LogP contribution in [0.15, 0.2) is 99.0 Å². The van der Waals surface area contributed by atoms with Gasteiger partial charge >= 0.3 is 11.9 Å². The second-order valence-corrected chi connectivity index (χ2v) is 8.34. The van der Waals surface area contributed by atoms with Crippen molar-refractivity contribution in [2.24, 2.45) is 0 Å². The molecule has 1 aromatic heterocycles. The monoisotopic (exact) mass is 485 g/mol. The number of benzene rings is 2. The number of rotatable bonds is 7. The van der Waals surface area contributed by atoms with Gasteiger partial charge in [-0.3, -0.25) is 4.79 Å². The Morgan fingerprint density at radius 2 is 1.69 bits per heavy atom. The van der Waals surface area contributed by atoms with Gasteiger partial charge in [0.05, 0.1) is 29.1 Å². The minimum Gasteiger partial charge on any atom is -0.463 e. The Morgan fingerprint density at radius 1 is 1.00 bits per heavy atom. The summed E-state index contributed by atoms with van der Waals surface area (Å²) in [6.45, 7) is 9.06. The maximum atomic E-state index is 13.1. The van der Waals surface area contributed by atoms with Gasteiger partial charge in [-0.2, -0.15) is 0 Å². The third kappa shape index (κ3) is 4.73. The quantitative estimate of drug-likeness (QED) is 0.372. The molecule has 2 aromatic carbocycles. The summed E-state index contributed by atoms with van der Waals surface area (Å²) in [6.07, 6.45) is 1.48. The van der Waals surface area contributed by atoms with Crippen LogP contribution in [-0.2, 0) is 19.1 Å². The molecule has 4 rings (SSSR count). The molecule has 7 nitrogen and oxygen atoms in total. The molecule has 0 fully saturated rings. The molecule has 0 saturated carbocycles. The molecule has 1 N–H and O–H groups in total. The van der Waals surface area contributed by atoms with E-state index in [0.717, 1.165) is 0 Å². The normalized spacial score (nSPS) is 15.5. The summed E-state index contributed by atoms with van der Waals surface area (Å²) in [5.41, 5.74) is 3.35. The largest absolute Gasteiger partial charge is 0.463 e. The van der Waals surface area contributed by atoms with E-state index in [4.69, 9.17) is 13.9 Å². The Balaban J connectivity index is 1.88. The summed E-state index contributed by atoms with van der Waals surface area (Å²) >= 11 is 0. The van der Waals surface area contributed by atoms with Crippen LogP contribution in [0, 0.1) is 0 Å². The number of carbonyl (C=O) groups is 2. The minimum absolute atomic E-state index is 0.0298. The third-order valence-electron chi connectivity index (χ3n) is 5.95. The molecule has 1 aliphatic heterocycles. The zero-order valence-corrected chi connectivity index (χ0v) is 20.4. The molecule has 0 spiro atoms. The van der Waals surface area contributed by atoms with E-state index in [1.54, 1.807) is 51.1 Å². The van der Waals surface area contributed by atoms with Gasteiger partial charge in [-0.05, 0) is 44.5 Å². The van der Waals surface area contributed by atoms with Crippen molar-refractivity contribution in [3.63, 3.8) is 0 Å². The van der Waals surface area contributed by atoms with E-state index in [1.165, 1.54) is 12.1 Å². The molecule has 3 aromatic rings. The van der Waals surface area contributed by atoms with Gasteiger partial charge in [0.25, 0.3) is 0 Å². The van der Waals surface area contributed by atoms with Crippen LogP contribution in [0.3, 0.4) is 0 Å². The number of dihydropyridines is 1. The molecule has 1 aliphatic rings. The molecule has 184 valence electrons. The van der Waals surface area contributed by atoms with Crippen molar-refractivity contribution in [3.05, 3.63) is 106 Å². The van der Waals surface area contributed by atoms with Gasteiger partial charge < -0.3 is 19.2 Å². The summed E-state index contributed by atoms with van der Waals surface area (Å²) < 4.78 is 16.7. The second-order valence-electron chi connectivity index (χ2n) is 8.34. The molecule has 2 heterocycles. The summed E-state index contributed by atoms with van der Waals surface area (Å²) in [7, 11) is 0. The highest BCUT2D eigenvalue weighted by Crippen LogP contribution is 2.40. The fourth-order valence-electron chi connectivity index (χ4n) is 4.41. The maximum Gasteiger partial charge on any atom is 0.337 e. The Bertz CT molecular complexity index is 1480. The standard InChI is InChI=1S/C29H27NO6/c1-5-14-35-29(33)26-18(4)30-17(3)25(28(32)34-6-2)27(26)20-11-9-10-19(15-20)24-16-22(31)21-12-7-8-13-23(21)36-24/h5,7-13,15-16,27,30H,1,6,14H2,2-4H3. The predicted octanol–water partition coefficient (Wildman–Crippen LogP) is 4.99. The molecular formula is C29H27NO6. The average Bonchev–Trinajstić information content (AvgIpc) is 2.87. The second kappa shape index (κ2) is 10.5. The van der Waals surface area contributed by atoms with Gasteiger partial charge in [-0.25, -0.2) is 9.59 Å². The number of ether oxygens (including phenoxy) is 2. The van der Waals surface area contributed by atoms with E-state index in [9.17, 15) is 14.4 Å². The number of carbonyl (C=O) groups excluding carboxylic acids is 2. The number of fused-ring (bicyclic) bond motifs is 1. The van der Waals surface area contributed by atoms with Crippen molar-refractivity contribution >= 4 is 22.9 Å². The van der Waals surface area contributed by atoms with Crippen LogP contribution in [0.4, 0.5) is 0 Å². The summed E-state index contributed by atoms with van der Waals surface area (Å²) in [5, 5.41) is 3.61. The third-order valence-corrected chi connectivity index (χ3v) is 5.95. The van der Waals surface area contributed by atoms with E-state index in [1.807, 2.05) is 18.2 Å². The summed E-state index contributed by atoms with van der Waals surface area (Å²) in [6, 6.07) is 15.7. The maximum absolute atomic E-state index is 13.1. The lowest BCUT2D eigenvalue weighted by molar-refractivity contribution is -0.139. The van der Waals surface area contributed by atoms with Crippen LogP contribution in [0.2, 0.25) is 0 Å². The number of hydrogen-bond donors (Lipinski definition) is 1. The zero-order chi connectivity index (χ0) is 25.8. The first-order chi connectivity index (χ1) is 17.3. The highest BCUT2D eigenvalue weighted by atomic mass is 16.5. The van der Waals surface area contributed by atoms with Crippen molar-refractivity contribution < 1.29 is 23.5 Å². The molecule has 0 amide bonds. The number of hydrogen-bond acceptors (Lipinski definition) is 7. The SMILES string of the molecule is C=CCOC(=O)C1=C(C)NC(C)=C(C(=O)OCC)C1c1cccc(-c2cc(=O)c3ccccc3o2)c1. The lowest BCUT2D eigenvalue weighted by Crippen LogP contribution is -2.32. The van der Waals surface area contributed by atoms with E-state index in [2.05, 4.69) is 11.9 Å². The fraction of sp³-hybridized carbons (Fsp3) is 0.207. The van der Waals surface area contributed by atoms with Crippen molar-refractivity contribution in [1.82, 2.24) is 5.32 Å². The number of allylic oxidation sites excluding steroid dienone is 2. The molecule has 0 aliphatic carbocycles. The first-order valence-corrected chi connectivity index (χ1v) is 11.6. The highest BCUT2D eigenvalue weighted by molar-refractivity contribution is 6.00. The molecule has 0 saturated heterocycles. The Hall–Kier alpha value is -4.39. The van der Waals surface area contributed by atoms with Gasteiger partial charge in [-0.1, -0.05) is 43.0 Å². The smallest absolute Gasteiger partial charge is 0.337 e. The lowest BCUT2D eigenvalue weighted by Gasteiger charge is -2.30. The van der Waals surface area contributed by atoms with Crippen LogP contribution in [-0.4, -0.2) is 25.2 Å². The first kappa shape index (κ1) is 24.7. The Morgan fingerprint density at radius 3 is 2.39 bits per heavy atom.